The number of fused-ring (bicyclic) bond motifs is 3. The van der Waals surface area contributed by atoms with Crippen molar-refractivity contribution in [1.29, 1.82) is 0 Å². The van der Waals surface area contributed by atoms with Crippen LogP contribution in [0, 0.1) is 0 Å². The van der Waals surface area contributed by atoms with Gasteiger partial charge in [-0.15, -0.1) is 0 Å². The molecule has 8 heteroatoms. The van der Waals surface area contributed by atoms with Gasteiger partial charge in [0.1, 0.15) is 11.3 Å². The summed E-state index contributed by atoms with van der Waals surface area (Å²) in [6.07, 6.45) is 8.26. The summed E-state index contributed by atoms with van der Waals surface area (Å²) in [6.45, 7) is 5.23. The Labute approximate surface area is 191 Å². The number of carbonyl (C=O) groups excluding carboxylic acids is 1. The lowest BCUT2D eigenvalue weighted by atomic mass is 10.0. The van der Waals surface area contributed by atoms with E-state index in [-0.39, 0.29) is 23.8 Å². The van der Waals surface area contributed by atoms with Crippen LogP contribution in [-0.4, -0.2) is 50.4 Å². The van der Waals surface area contributed by atoms with Crippen molar-refractivity contribution in [3.8, 4) is 0 Å². The van der Waals surface area contributed by atoms with Crippen LogP contribution in [0.3, 0.4) is 0 Å². The summed E-state index contributed by atoms with van der Waals surface area (Å²) < 4.78 is 9.22. The van der Waals surface area contributed by atoms with Crippen molar-refractivity contribution in [2.24, 2.45) is 0 Å². The molecular weight excluding hydrogens is 418 g/mol. The van der Waals surface area contributed by atoms with Gasteiger partial charge in [-0.3, -0.25) is 14.2 Å². The van der Waals surface area contributed by atoms with Crippen molar-refractivity contribution in [1.82, 2.24) is 24.2 Å². The molecule has 1 amide bonds. The zero-order valence-electron chi connectivity index (χ0n) is 18.9. The molecule has 172 valence electrons. The molecule has 0 spiro atoms. The van der Waals surface area contributed by atoms with E-state index in [9.17, 15) is 9.59 Å². The largest absolute Gasteiger partial charge is 0.454 e. The number of aromatic nitrogens is 3. The number of carbonyl (C=O) groups is 1. The van der Waals surface area contributed by atoms with E-state index in [0.29, 0.717) is 29.5 Å². The second kappa shape index (κ2) is 9.23. The number of hydrogen-bond donors (Lipinski definition) is 1. The Bertz CT molecular complexity index is 1330. The maximum atomic E-state index is 13.1. The highest BCUT2D eigenvalue weighted by Gasteiger charge is 2.18. The first-order chi connectivity index (χ1) is 16.1. The average molecular weight is 448 g/mol. The summed E-state index contributed by atoms with van der Waals surface area (Å²) in [7, 11) is 0. The van der Waals surface area contributed by atoms with E-state index in [4.69, 9.17) is 4.42 Å². The SMILES string of the molecule is C[C@@H]1CCCCN1CCCNC(=O)c1ccc(Cn2c(=O)c3cccn3c3cccnc32)o1. The fourth-order valence-corrected chi connectivity index (χ4v) is 4.73. The highest BCUT2D eigenvalue weighted by Crippen LogP contribution is 2.17. The highest BCUT2D eigenvalue weighted by atomic mass is 16.4. The van der Waals surface area contributed by atoms with Gasteiger partial charge in [-0.05, 0) is 69.1 Å². The Kier molecular flexibility index (Phi) is 6.00. The lowest BCUT2D eigenvalue weighted by Crippen LogP contribution is -2.39. The molecule has 1 aliphatic heterocycles. The van der Waals surface area contributed by atoms with Crippen LogP contribution in [0.5, 0.6) is 0 Å². The van der Waals surface area contributed by atoms with Crippen molar-refractivity contribution in [3.63, 3.8) is 0 Å². The van der Waals surface area contributed by atoms with Crippen LogP contribution in [-0.2, 0) is 6.54 Å². The molecule has 33 heavy (non-hydrogen) atoms. The maximum absolute atomic E-state index is 13.1. The number of furan rings is 1. The average Bonchev–Trinajstić information content (AvgIpc) is 3.51. The number of nitrogens with one attached hydrogen (secondary N) is 1. The highest BCUT2D eigenvalue weighted by molar-refractivity contribution is 5.91. The normalized spacial score (nSPS) is 17.1. The van der Waals surface area contributed by atoms with E-state index in [1.807, 2.05) is 28.8 Å². The van der Waals surface area contributed by atoms with Crippen molar-refractivity contribution < 1.29 is 9.21 Å². The smallest absolute Gasteiger partial charge is 0.286 e. The summed E-state index contributed by atoms with van der Waals surface area (Å²) >= 11 is 0. The number of pyridine rings is 1. The molecule has 5 rings (SSSR count). The molecule has 5 heterocycles. The van der Waals surface area contributed by atoms with Gasteiger partial charge in [0.05, 0.1) is 12.1 Å². The molecule has 1 N–H and O–H groups in total. The maximum Gasteiger partial charge on any atom is 0.286 e. The minimum absolute atomic E-state index is 0.152. The number of likely N-dealkylation sites (tertiary alicyclic amines) is 1. The molecule has 0 bridgehead atoms. The molecule has 0 saturated carbocycles. The monoisotopic (exact) mass is 447 g/mol. The van der Waals surface area contributed by atoms with E-state index in [2.05, 4.69) is 22.1 Å². The summed E-state index contributed by atoms with van der Waals surface area (Å²) in [5, 5.41) is 2.95. The van der Waals surface area contributed by atoms with Gasteiger partial charge in [-0.1, -0.05) is 6.42 Å². The number of rotatable bonds is 7. The molecule has 0 aliphatic carbocycles. The molecule has 1 atom stereocenters. The van der Waals surface area contributed by atoms with Crippen LogP contribution in [0.1, 0.15) is 48.9 Å². The van der Waals surface area contributed by atoms with Crippen molar-refractivity contribution in [2.45, 2.75) is 45.2 Å². The Morgan fingerprint density at radius 1 is 1.18 bits per heavy atom. The van der Waals surface area contributed by atoms with Gasteiger partial charge in [0.2, 0.25) is 0 Å². The van der Waals surface area contributed by atoms with Gasteiger partial charge in [0, 0.05) is 31.5 Å². The van der Waals surface area contributed by atoms with E-state index >= 15 is 0 Å². The van der Waals surface area contributed by atoms with Gasteiger partial charge in [0.25, 0.3) is 11.5 Å². The third kappa shape index (κ3) is 4.30. The number of hydrogen-bond acceptors (Lipinski definition) is 5. The first kappa shape index (κ1) is 21.5. The molecule has 1 fully saturated rings. The van der Waals surface area contributed by atoms with Crippen molar-refractivity contribution >= 4 is 22.6 Å². The van der Waals surface area contributed by atoms with Crippen molar-refractivity contribution in [2.75, 3.05) is 19.6 Å². The molecule has 1 saturated heterocycles. The second-order valence-electron chi connectivity index (χ2n) is 8.76. The van der Waals surface area contributed by atoms with Crippen LogP contribution in [0.25, 0.3) is 16.7 Å². The zero-order valence-corrected chi connectivity index (χ0v) is 18.9. The van der Waals surface area contributed by atoms with E-state index in [0.717, 1.165) is 25.0 Å². The standard InChI is InChI=1S/C25H29N5O3/c1-18-7-2-3-14-28(18)15-6-13-27-24(31)22-11-10-19(33-22)17-30-23-20(8-4-12-26-23)29-16-5-9-21(29)25(30)32/h4-5,8-12,16,18H,2-3,6-7,13-15,17H2,1H3,(H,27,31)/t18-/m1/s1. The molecule has 4 aromatic rings. The lowest BCUT2D eigenvalue weighted by molar-refractivity contribution is 0.0919. The quantitative estimate of drug-likeness (QED) is 0.440. The molecule has 1 aliphatic rings. The predicted molar refractivity (Wildman–Crippen MR) is 127 cm³/mol. The van der Waals surface area contributed by atoms with Gasteiger partial charge in [-0.2, -0.15) is 0 Å². The fraction of sp³-hybridized carbons (Fsp3) is 0.400. The first-order valence-corrected chi connectivity index (χ1v) is 11.7. The van der Waals surface area contributed by atoms with Crippen LogP contribution >= 0.6 is 0 Å². The van der Waals surface area contributed by atoms with Crippen LogP contribution < -0.4 is 10.9 Å². The first-order valence-electron chi connectivity index (χ1n) is 11.7. The Morgan fingerprint density at radius 3 is 2.94 bits per heavy atom. The fourth-order valence-electron chi connectivity index (χ4n) is 4.73. The minimum atomic E-state index is -0.231. The molecule has 0 aromatic carbocycles. The molecule has 0 unspecified atom stereocenters. The zero-order chi connectivity index (χ0) is 22.8. The Balaban J connectivity index is 1.25. The van der Waals surface area contributed by atoms with Gasteiger partial charge >= 0.3 is 0 Å². The summed E-state index contributed by atoms with van der Waals surface area (Å²) in [4.78, 5) is 32.5. The number of amides is 1. The van der Waals surface area contributed by atoms with Crippen LogP contribution in [0.15, 0.2) is 58.0 Å². The third-order valence-electron chi connectivity index (χ3n) is 6.54. The third-order valence-corrected chi connectivity index (χ3v) is 6.54. The van der Waals surface area contributed by atoms with Gasteiger partial charge in [0.15, 0.2) is 11.4 Å². The van der Waals surface area contributed by atoms with E-state index in [1.54, 1.807) is 29.0 Å². The van der Waals surface area contributed by atoms with E-state index < -0.39 is 0 Å². The minimum Gasteiger partial charge on any atom is -0.454 e. The van der Waals surface area contributed by atoms with Crippen molar-refractivity contribution in [3.05, 3.63) is 70.7 Å². The van der Waals surface area contributed by atoms with Crippen LogP contribution in [0.2, 0.25) is 0 Å². The second-order valence-corrected chi connectivity index (χ2v) is 8.76. The molecular formula is C25H29N5O3. The van der Waals surface area contributed by atoms with Crippen LogP contribution in [0.4, 0.5) is 0 Å². The lowest BCUT2D eigenvalue weighted by Gasteiger charge is -2.33. The van der Waals surface area contributed by atoms with E-state index in [1.165, 1.54) is 19.3 Å². The molecule has 4 aromatic heterocycles. The van der Waals surface area contributed by atoms with Gasteiger partial charge in [-0.25, -0.2) is 4.98 Å². The Hall–Kier alpha value is -3.39. The molecule has 0 radical (unpaired) electrons. The topological polar surface area (TPSA) is 84.8 Å². The molecule has 8 nitrogen and oxygen atoms in total. The Morgan fingerprint density at radius 2 is 2.06 bits per heavy atom. The summed E-state index contributed by atoms with van der Waals surface area (Å²) in [6, 6.07) is 11.4. The summed E-state index contributed by atoms with van der Waals surface area (Å²) in [5.74, 6) is 0.558. The van der Waals surface area contributed by atoms with Gasteiger partial charge < -0.3 is 19.0 Å². The summed E-state index contributed by atoms with van der Waals surface area (Å²) in [5.41, 5.74) is 1.83. The number of piperidine rings is 1. The number of nitrogens with zero attached hydrogens (tertiary/aromatic N) is 4. The predicted octanol–water partition coefficient (Wildman–Crippen LogP) is 3.28.